The topological polar surface area (TPSA) is 72.2 Å². The Labute approximate surface area is 86.7 Å². The van der Waals surface area contributed by atoms with Crippen LogP contribution < -0.4 is 0 Å². The number of nitrogens with zero attached hydrogens (tertiary/aromatic N) is 2. The first-order valence-corrected chi connectivity index (χ1v) is 4.34. The lowest BCUT2D eigenvalue weighted by atomic mass is 10.3. The summed E-state index contributed by atoms with van der Waals surface area (Å²) in [6, 6.07) is -0.716. The van der Waals surface area contributed by atoms with Crippen molar-refractivity contribution in [3.63, 3.8) is 0 Å². The number of aromatic nitrogens is 2. The van der Waals surface area contributed by atoms with E-state index in [4.69, 9.17) is 5.11 Å². The van der Waals surface area contributed by atoms with Gasteiger partial charge in [0.25, 0.3) is 0 Å². The van der Waals surface area contributed by atoms with Crippen molar-refractivity contribution in [3.05, 3.63) is 18.0 Å². The minimum absolute atomic E-state index is 0.166. The van der Waals surface area contributed by atoms with E-state index in [0.29, 0.717) is 11.8 Å². The van der Waals surface area contributed by atoms with E-state index >= 15 is 0 Å². The fourth-order valence-electron chi connectivity index (χ4n) is 0.922. The molecule has 1 aromatic heterocycles. The van der Waals surface area contributed by atoms with E-state index in [1.54, 1.807) is 0 Å². The molecule has 0 aliphatic carbocycles. The zero-order valence-corrected chi connectivity index (χ0v) is 8.17. The first kappa shape index (κ1) is 11.0. The number of carbonyl (C=O) groups is 2. The molecule has 0 spiro atoms. The molecular weight excluding hydrogens is 196 g/mol. The molecule has 1 rings (SSSR count). The highest BCUT2D eigenvalue weighted by Gasteiger charge is 2.13. The van der Waals surface area contributed by atoms with Gasteiger partial charge in [0.05, 0.1) is 18.2 Å². The van der Waals surface area contributed by atoms with Crippen LogP contribution in [-0.4, -0.2) is 27.1 Å². The van der Waals surface area contributed by atoms with Gasteiger partial charge in [-0.2, -0.15) is 5.10 Å². The Kier molecular flexibility index (Phi) is 3.63. The first-order valence-electron chi connectivity index (χ1n) is 4.34. The average Bonchev–Trinajstić information content (AvgIpc) is 2.65. The number of aliphatic carboxylic acids is 1. The van der Waals surface area contributed by atoms with Crippen LogP contribution in [0.15, 0.2) is 12.4 Å². The van der Waals surface area contributed by atoms with Gasteiger partial charge in [0.1, 0.15) is 12.3 Å². The maximum atomic E-state index is 10.6. The highest BCUT2D eigenvalue weighted by atomic mass is 16.4. The summed E-state index contributed by atoms with van der Waals surface area (Å²) in [4.78, 5) is 20.6. The Morgan fingerprint density at radius 2 is 2.53 bits per heavy atom. The largest absolute Gasteiger partial charge is 0.480 e. The van der Waals surface area contributed by atoms with Crippen molar-refractivity contribution in [1.29, 1.82) is 0 Å². The van der Waals surface area contributed by atoms with Crippen molar-refractivity contribution < 1.29 is 14.7 Å². The maximum Gasteiger partial charge on any atom is 0.328 e. The predicted molar refractivity (Wildman–Crippen MR) is 52.1 cm³/mol. The molecule has 5 heteroatoms. The average molecular weight is 206 g/mol. The molecule has 1 heterocycles. The number of hydrogen-bond acceptors (Lipinski definition) is 3. The Bertz CT molecular complexity index is 425. The minimum Gasteiger partial charge on any atom is -0.480 e. The SMILES string of the molecule is C[C@@H](C(=O)O)n1cc(C#CCC=O)cn1. The second kappa shape index (κ2) is 4.96. The van der Waals surface area contributed by atoms with Crippen LogP contribution >= 0.6 is 0 Å². The van der Waals surface area contributed by atoms with Gasteiger partial charge < -0.3 is 9.90 Å². The summed E-state index contributed by atoms with van der Waals surface area (Å²) < 4.78 is 1.31. The van der Waals surface area contributed by atoms with Gasteiger partial charge in [0, 0.05) is 6.20 Å². The van der Waals surface area contributed by atoms with Crippen molar-refractivity contribution in [1.82, 2.24) is 9.78 Å². The first-order chi connectivity index (χ1) is 7.15. The lowest BCUT2D eigenvalue weighted by Crippen LogP contribution is -2.15. The van der Waals surface area contributed by atoms with E-state index in [9.17, 15) is 9.59 Å². The van der Waals surface area contributed by atoms with Crippen LogP contribution in [-0.2, 0) is 9.59 Å². The third kappa shape index (κ3) is 2.95. The summed E-state index contributed by atoms with van der Waals surface area (Å²) in [6.45, 7) is 1.53. The molecule has 1 aromatic rings. The second-order valence-electron chi connectivity index (χ2n) is 2.90. The van der Waals surface area contributed by atoms with Crippen LogP contribution in [0, 0.1) is 11.8 Å². The number of carboxylic acid groups (broad SMARTS) is 1. The second-order valence-corrected chi connectivity index (χ2v) is 2.90. The highest BCUT2D eigenvalue weighted by molar-refractivity contribution is 5.71. The van der Waals surface area contributed by atoms with Crippen molar-refractivity contribution >= 4 is 12.3 Å². The van der Waals surface area contributed by atoms with Crippen molar-refractivity contribution in [2.75, 3.05) is 0 Å². The van der Waals surface area contributed by atoms with Crippen LogP contribution in [0.2, 0.25) is 0 Å². The standard InChI is InChI=1S/C10H10N2O3/c1-8(10(14)15)12-7-9(6-11-12)4-2-3-5-13/h5-8H,3H2,1H3,(H,14,15)/t8-/m0/s1. The lowest BCUT2D eigenvalue weighted by molar-refractivity contribution is -0.140. The number of carboxylic acids is 1. The summed E-state index contributed by atoms with van der Waals surface area (Å²) in [5, 5.41) is 12.6. The monoisotopic (exact) mass is 206 g/mol. The molecule has 1 atom stereocenters. The third-order valence-electron chi connectivity index (χ3n) is 1.77. The summed E-state index contributed by atoms with van der Waals surface area (Å²) in [5.41, 5.74) is 0.602. The quantitative estimate of drug-likeness (QED) is 0.576. The Balaban J connectivity index is 2.77. The normalized spacial score (nSPS) is 11.3. The summed E-state index contributed by atoms with van der Waals surface area (Å²) >= 11 is 0. The number of carbonyl (C=O) groups excluding carboxylic acids is 1. The molecule has 0 saturated carbocycles. The number of rotatable bonds is 3. The third-order valence-corrected chi connectivity index (χ3v) is 1.77. The number of aldehydes is 1. The van der Waals surface area contributed by atoms with Crippen molar-refractivity contribution in [2.45, 2.75) is 19.4 Å². The Morgan fingerprint density at radius 1 is 1.80 bits per heavy atom. The molecule has 78 valence electrons. The molecule has 0 aliphatic heterocycles. The van der Waals surface area contributed by atoms with Crippen LogP contribution in [0.5, 0.6) is 0 Å². The molecule has 5 nitrogen and oxygen atoms in total. The van der Waals surface area contributed by atoms with Crippen LogP contribution in [0.25, 0.3) is 0 Å². The molecule has 0 bridgehead atoms. The van der Waals surface area contributed by atoms with Gasteiger partial charge in [-0.1, -0.05) is 11.8 Å². The van der Waals surface area contributed by atoms with E-state index < -0.39 is 12.0 Å². The smallest absolute Gasteiger partial charge is 0.328 e. The highest BCUT2D eigenvalue weighted by Crippen LogP contribution is 2.05. The summed E-state index contributed by atoms with van der Waals surface area (Å²) in [5.74, 6) is 4.36. The predicted octanol–water partition coefficient (Wildman–Crippen LogP) is 0.469. The van der Waals surface area contributed by atoms with Crippen LogP contribution in [0.4, 0.5) is 0 Å². The maximum absolute atomic E-state index is 10.6. The van der Waals surface area contributed by atoms with Gasteiger partial charge in [0.2, 0.25) is 0 Å². The molecule has 0 aromatic carbocycles. The van der Waals surface area contributed by atoms with Gasteiger partial charge >= 0.3 is 5.97 Å². The molecule has 0 amide bonds. The van der Waals surface area contributed by atoms with Crippen LogP contribution in [0.3, 0.4) is 0 Å². The molecule has 1 N–H and O–H groups in total. The minimum atomic E-state index is -0.953. The van der Waals surface area contributed by atoms with Gasteiger partial charge in [0.15, 0.2) is 0 Å². The van der Waals surface area contributed by atoms with E-state index in [0.717, 1.165) is 0 Å². The van der Waals surface area contributed by atoms with Gasteiger partial charge in [-0.25, -0.2) is 4.79 Å². The summed E-state index contributed by atoms with van der Waals surface area (Å²) in [7, 11) is 0. The van der Waals surface area contributed by atoms with E-state index in [-0.39, 0.29) is 6.42 Å². The molecule has 0 saturated heterocycles. The van der Waals surface area contributed by atoms with E-state index in [1.165, 1.54) is 24.0 Å². The fraction of sp³-hybridized carbons (Fsp3) is 0.300. The molecule has 15 heavy (non-hydrogen) atoms. The van der Waals surface area contributed by atoms with Crippen LogP contribution in [0.1, 0.15) is 24.9 Å². The van der Waals surface area contributed by atoms with E-state index in [2.05, 4.69) is 16.9 Å². The van der Waals surface area contributed by atoms with E-state index in [1.807, 2.05) is 0 Å². The van der Waals surface area contributed by atoms with Crippen molar-refractivity contribution in [2.24, 2.45) is 0 Å². The Morgan fingerprint density at radius 3 is 3.13 bits per heavy atom. The lowest BCUT2D eigenvalue weighted by Gasteiger charge is -2.04. The molecule has 0 radical (unpaired) electrons. The summed E-state index contributed by atoms with van der Waals surface area (Å²) in [6.07, 6.45) is 3.88. The fourth-order valence-corrected chi connectivity index (χ4v) is 0.922. The molecule has 0 fully saturated rings. The van der Waals surface area contributed by atoms with Gasteiger partial charge in [-0.15, -0.1) is 0 Å². The molecular formula is C10H10N2O3. The molecule has 0 aliphatic rings. The zero-order valence-electron chi connectivity index (χ0n) is 8.17. The van der Waals surface area contributed by atoms with Gasteiger partial charge in [-0.05, 0) is 6.92 Å². The Hall–Kier alpha value is -2.09. The molecule has 0 unspecified atom stereocenters. The number of hydrogen-bond donors (Lipinski definition) is 1. The van der Waals surface area contributed by atoms with Gasteiger partial charge in [-0.3, -0.25) is 4.68 Å². The zero-order chi connectivity index (χ0) is 11.3. The van der Waals surface area contributed by atoms with Crippen molar-refractivity contribution in [3.8, 4) is 11.8 Å².